The molecule has 2 N–H and O–H groups in total. The van der Waals surface area contributed by atoms with Gasteiger partial charge in [0.2, 0.25) is 0 Å². The van der Waals surface area contributed by atoms with Crippen LogP contribution in [0.2, 0.25) is 5.02 Å². The van der Waals surface area contributed by atoms with E-state index in [1.165, 1.54) is 0 Å². The van der Waals surface area contributed by atoms with E-state index >= 15 is 0 Å². The molecule has 0 unspecified atom stereocenters. The quantitative estimate of drug-likeness (QED) is 0.881. The van der Waals surface area contributed by atoms with Crippen molar-refractivity contribution in [2.45, 2.75) is 40.0 Å². The minimum atomic E-state index is -0.484. The molecule has 5 nitrogen and oxygen atoms in total. The molecule has 1 amide bonds. The third-order valence-electron chi connectivity index (χ3n) is 3.47. The number of nitrogens with one attached hydrogen (secondary N) is 2. The predicted molar refractivity (Wildman–Crippen MR) is 92.4 cm³/mol. The minimum Gasteiger partial charge on any atom is -0.322 e. The zero-order valence-electron chi connectivity index (χ0n) is 13.9. The molecule has 1 aromatic carbocycles. The Balaban J connectivity index is 2.38. The smallest absolute Gasteiger partial charge is 0.264 e. The molecule has 23 heavy (non-hydrogen) atoms. The van der Waals surface area contributed by atoms with E-state index in [2.05, 4.69) is 15.3 Å². The second-order valence-electron chi connectivity index (χ2n) is 6.54. The molecule has 2 aromatic rings. The molecule has 0 spiro atoms. The van der Waals surface area contributed by atoms with Crippen LogP contribution in [0.5, 0.6) is 0 Å². The van der Waals surface area contributed by atoms with Gasteiger partial charge in [0.05, 0.1) is 5.69 Å². The molecule has 0 saturated carbocycles. The van der Waals surface area contributed by atoms with E-state index in [1.54, 1.807) is 25.1 Å². The second-order valence-corrected chi connectivity index (χ2v) is 6.97. The normalized spacial score (nSPS) is 11.4. The van der Waals surface area contributed by atoms with Crippen molar-refractivity contribution < 1.29 is 4.79 Å². The van der Waals surface area contributed by atoms with Crippen molar-refractivity contribution >= 4 is 23.2 Å². The van der Waals surface area contributed by atoms with Crippen molar-refractivity contribution in [2.75, 3.05) is 5.32 Å². The first-order valence-corrected chi connectivity index (χ1v) is 7.66. The zero-order valence-corrected chi connectivity index (χ0v) is 14.6. The number of aromatic nitrogens is 2. The largest absolute Gasteiger partial charge is 0.322 e. The van der Waals surface area contributed by atoms with Gasteiger partial charge >= 0.3 is 0 Å². The number of halogens is 1. The van der Waals surface area contributed by atoms with Gasteiger partial charge in [-0.2, -0.15) is 0 Å². The molecule has 0 bridgehead atoms. The summed E-state index contributed by atoms with van der Waals surface area (Å²) < 4.78 is 0. The number of aromatic amines is 1. The van der Waals surface area contributed by atoms with E-state index in [0.29, 0.717) is 22.2 Å². The third-order valence-corrected chi connectivity index (χ3v) is 3.71. The maximum absolute atomic E-state index is 12.4. The minimum absolute atomic E-state index is 0.0207. The Hall–Kier alpha value is -2.14. The summed E-state index contributed by atoms with van der Waals surface area (Å²) in [5.41, 5.74) is 1.12. The number of carbonyl (C=O) groups excluding carboxylic acids is 1. The van der Waals surface area contributed by atoms with Gasteiger partial charge in [0.15, 0.2) is 0 Å². The number of anilines is 1. The first kappa shape index (κ1) is 17.2. The molecule has 0 fully saturated rings. The maximum Gasteiger partial charge on any atom is 0.264 e. The van der Waals surface area contributed by atoms with Crippen LogP contribution in [-0.2, 0) is 5.41 Å². The van der Waals surface area contributed by atoms with Crippen molar-refractivity contribution in [3.05, 3.63) is 56.2 Å². The van der Waals surface area contributed by atoms with Crippen molar-refractivity contribution in [3.63, 3.8) is 0 Å². The Morgan fingerprint density at radius 2 is 1.91 bits per heavy atom. The molecule has 6 heteroatoms. The lowest BCUT2D eigenvalue weighted by Gasteiger charge is -2.18. The van der Waals surface area contributed by atoms with Crippen LogP contribution in [0.4, 0.5) is 5.69 Å². The van der Waals surface area contributed by atoms with Gasteiger partial charge in [-0.3, -0.25) is 9.59 Å². The van der Waals surface area contributed by atoms with Crippen LogP contribution in [0, 0.1) is 13.8 Å². The number of H-pyrrole nitrogens is 1. The Kier molecular flexibility index (Phi) is 4.61. The average molecular weight is 334 g/mol. The molecule has 0 atom stereocenters. The van der Waals surface area contributed by atoms with E-state index in [9.17, 15) is 9.59 Å². The van der Waals surface area contributed by atoms with Gasteiger partial charge in [-0.1, -0.05) is 32.4 Å². The lowest BCUT2D eigenvalue weighted by Crippen LogP contribution is -2.30. The number of carbonyl (C=O) groups is 1. The summed E-state index contributed by atoms with van der Waals surface area (Å²) in [5, 5.41) is 3.32. The van der Waals surface area contributed by atoms with Crippen LogP contribution >= 0.6 is 11.6 Å². The van der Waals surface area contributed by atoms with E-state index in [-0.39, 0.29) is 11.0 Å². The fraction of sp³-hybridized carbons (Fsp3) is 0.353. The van der Waals surface area contributed by atoms with Crippen molar-refractivity contribution in [1.29, 1.82) is 0 Å². The van der Waals surface area contributed by atoms with Crippen LogP contribution in [0.3, 0.4) is 0 Å². The van der Waals surface area contributed by atoms with Gasteiger partial charge in [-0.05, 0) is 37.6 Å². The third kappa shape index (κ3) is 3.79. The van der Waals surface area contributed by atoms with Crippen LogP contribution in [0.1, 0.15) is 48.2 Å². The summed E-state index contributed by atoms with van der Waals surface area (Å²) in [4.78, 5) is 31.8. The standard InChI is InChI=1S/C17H20ClN3O2/c1-9-8-11(18)6-7-12(9)20-14(22)13-10(2)19-16(17(3,4)5)21-15(13)23/h6-8H,1-5H3,(H,20,22)(H,19,21,23). The molecule has 0 radical (unpaired) electrons. The molecule has 0 aliphatic carbocycles. The van der Waals surface area contributed by atoms with Crippen molar-refractivity contribution in [2.24, 2.45) is 0 Å². The fourth-order valence-corrected chi connectivity index (χ4v) is 2.39. The first-order valence-electron chi connectivity index (χ1n) is 7.28. The molecular weight excluding hydrogens is 314 g/mol. The van der Waals surface area contributed by atoms with Gasteiger partial charge in [0, 0.05) is 16.1 Å². The van der Waals surface area contributed by atoms with Crippen molar-refractivity contribution in [1.82, 2.24) is 9.97 Å². The summed E-state index contributed by atoms with van der Waals surface area (Å²) in [7, 11) is 0. The average Bonchev–Trinajstić information content (AvgIpc) is 2.40. The molecule has 0 aliphatic rings. The first-order chi connectivity index (χ1) is 10.6. The molecule has 1 heterocycles. The van der Waals surface area contributed by atoms with E-state index in [1.807, 2.05) is 27.7 Å². The highest BCUT2D eigenvalue weighted by Crippen LogP contribution is 2.21. The van der Waals surface area contributed by atoms with Crippen LogP contribution in [0.15, 0.2) is 23.0 Å². The number of nitrogens with zero attached hydrogens (tertiary/aromatic N) is 1. The molecule has 2 rings (SSSR count). The number of benzene rings is 1. The number of amides is 1. The maximum atomic E-state index is 12.4. The van der Waals surface area contributed by atoms with E-state index in [0.717, 1.165) is 5.56 Å². The van der Waals surface area contributed by atoms with Crippen LogP contribution in [0.25, 0.3) is 0 Å². The van der Waals surface area contributed by atoms with Gasteiger partial charge in [-0.25, -0.2) is 4.98 Å². The Morgan fingerprint density at radius 3 is 2.43 bits per heavy atom. The lowest BCUT2D eigenvalue weighted by atomic mass is 9.95. The summed E-state index contributed by atoms with van der Waals surface area (Å²) in [5.74, 6) is 0.0707. The number of hydrogen-bond donors (Lipinski definition) is 2. The highest BCUT2D eigenvalue weighted by Gasteiger charge is 2.22. The molecule has 0 aliphatic heterocycles. The van der Waals surface area contributed by atoms with Gasteiger partial charge < -0.3 is 10.3 Å². The van der Waals surface area contributed by atoms with Crippen molar-refractivity contribution in [3.8, 4) is 0 Å². The number of aryl methyl sites for hydroxylation is 2. The lowest BCUT2D eigenvalue weighted by molar-refractivity contribution is 0.102. The van der Waals surface area contributed by atoms with Crippen LogP contribution in [-0.4, -0.2) is 15.9 Å². The summed E-state index contributed by atoms with van der Waals surface area (Å²) in [6.07, 6.45) is 0. The van der Waals surface area contributed by atoms with E-state index in [4.69, 9.17) is 11.6 Å². The molecule has 1 aromatic heterocycles. The molecule has 122 valence electrons. The Labute approximate surface area is 140 Å². The number of rotatable bonds is 2. The monoisotopic (exact) mass is 333 g/mol. The zero-order chi connectivity index (χ0) is 17.4. The predicted octanol–water partition coefficient (Wildman–Crippen LogP) is 3.59. The number of hydrogen-bond acceptors (Lipinski definition) is 3. The topological polar surface area (TPSA) is 74.8 Å². The van der Waals surface area contributed by atoms with Crippen LogP contribution < -0.4 is 10.9 Å². The highest BCUT2D eigenvalue weighted by molar-refractivity contribution is 6.30. The highest BCUT2D eigenvalue weighted by atomic mass is 35.5. The second kappa shape index (κ2) is 6.16. The van der Waals surface area contributed by atoms with Gasteiger partial charge in [0.1, 0.15) is 11.4 Å². The molecule has 0 saturated heterocycles. The van der Waals surface area contributed by atoms with E-state index < -0.39 is 11.5 Å². The fourth-order valence-electron chi connectivity index (χ4n) is 2.16. The summed E-state index contributed by atoms with van der Waals surface area (Å²) in [6, 6.07) is 5.13. The van der Waals surface area contributed by atoms with Gasteiger partial charge in [0.25, 0.3) is 11.5 Å². The Morgan fingerprint density at radius 1 is 1.26 bits per heavy atom. The summed E-state index contributed by atoms with van der Waals surface area (Å²) in [6.45, 7) is 9.33. The summed E-state index contributed by atoms with van der Waals surface area (Å²) >= 11 is 5.90. The molecular formula is C17H20ClN3O2. The Bertz CT molecular complexity index is 820. The van der Waals surface area contributed by atoms with Gasteiger partial charge in [-0.15, -0.1) is 0 Å². The SMILES string of the molecule is Cc1cc(Cl)ccc1NC(=O)c1c(C)nc(C(C)(C)C)[nH]c1=O.